The van der Waals surface area contributed by atoms with Crippen molar-refractivity contribution in [3.05, 3.63) is 70.0 Å². The van der Waals surface area contributed by atoms with Crippen molar-refractivity contribution in [2.75, 3.05) is 13.1 Å². The summed E-state index contributed by atoms with van der Waals surface area (Å²) in [6.45, 7) is 1.98. The second-order valence-corrected chi connectivity index (χ2v) is 9.19. The first kappa shape index (κ1) is 18.5. The molecular formula is C24H25N5O2. The molecular weight excluding hydrogens is 390 g/mol. The van der Waals surface area contributed by atoms with Gasteiger partial charge in [0.15, 0.2) is 0 Å². The molecule has 0 aromatic carbocycles. The molecule has 0 spiro atoms. The fraction of sp³-hybridized carbons (Fsp3) is 0.417. The topological polar surface area (TPSA) is 73.0 Å². The van der Waals surface area contributed by atoms with Crippen molar-refractivity contribution in [3.63, 3.8) is 0 Å². The van der Waals surface area contributed by atoms with Gasteiger partial charge in [0.25, 0.3) is 11.5 Å². The zero-order chi connectivity index (χ0) is 21.1. The summed E-state index contributed by atoms with van der Waals surface area (Å²) in [5.74, 6) is 1.03. The molecule has 31 heavy (non-hydrogen) atoms. The minimum absolute atomic E-state index is 0.0216. The monoisotopic (exact) mass is 415 g/mol. The molecule has 6 rings (SSSR count). The largest absolute Gasteiger partial charge is 0.336 e. The Morgan fingerprint density at radius 2 is 1.94 bits per heavy atom. The van der Waals surface area contributed by atoms with E-state index >= 15 is 0 Å². The van der Waals surface area contributed by atoms with Gasteiger partial charge in [0.2, 0.25) is 0 Å². The lowest BCUT2D eigenvalue weighted by Gasteiger charge is -2.42. The lowest BCUT2D eigenvalue weighted by molar-refractivity contribution is 0.0584. The molecule has 1 saturated heterocycles. The summed E-state index contributed by atoms with van der Waals surface area (Å²) in [5.41, 5.74) is 4.40. The summed E-state index contributed by atoms with van der Waals surface area (Å²) >= 11 is 0. The van der Waals surface area contributed by atoms with Crippen LogP contribution in [0.4, 0.5) is 0 Å². The van der Waals surface area contributed by atoms with Crippen LogP contribution in [0.25, 0.3) is 11.3 Å². The van der Waals surface area contributed by atoms with Gasteiger partial charge in [-0.1, -0.05) is 6.07 Å². The van der Waals surface area contributed by atoms with E-state index in [4.69, 9.17) is 0 Å². The van der Waals surface area contributed by atoms with Crippen molar-refractivity contribution in [2.45, 2.75) is 37.6 Å². The normalized spacial score (nSPS) is 22.3. The third-order valence-corrected chi connectivity index (χ3v) is 6.92. The van der Waals surface area contributed by atoms with E-state index in [1.165, 1.54) is 12.8 Å². The third-order valence-electron chi connectivity index (χ3n) is 6.92. The van der Waals surface area contributed by atoms with E-state index in [2.05, 4.69) is 16.1 Å². The predicted octanol–water partition coefficient (Wildman–Crippen LogP) is 2.78. The molecule has 1 saturated carbocycles. The Labute approximate surface area is 180 Å². The smallest absolute Gasteiger partial charge is 0.272 e. The van der Waals surface area contributed by atoms with Crippen LogP contribution in [0.5, 0.6) is 0 Å². The van der Waals surface area contributed by atoms with Crippen LogP contribution >= 0.6 is 0 Å². The van der Waals surface area contributed by atoms with Crippen LogP contribution in [-0.4, -0.2) is 43.2 Å². The molecule has 2 atom stereocenters. The highest BCUT2D eigenvalue weighted by Crippen LogP contribution is 2.40. The molecule has 7 heteroatoms. The number of aromatic nitrogens is 4. The number of hydrogen-bond donors (Lipinski definition) is 0. The molecule has 2 aliphatic heterocycles. The van der Waals surface area contributed by atoms with E-state index in [1.54, 1.807) is 16.9 Å². The number of carbonyl (C=O) groups is 1. The fourth-order valence-electron chi connectivity index (χ4n) is 5.24. The lowest BCUT2D eigenvalue weighted by Crippen LogP contribution is -2.49. The maximum atomic E-state index is 13.4. The number of aryl methyl sites for hydroxylation is 1. The number of carbonyl (C=O) groups excluding carboxylic acids is 1. The number of hydrogen-bond acceptors (Lipinski definition) is 4. The number of pyridine rings is 2. The summed E-state index contributed by atoms with van der Waals surface area (Å²) in [4.78, 5) is 32.6. The zero-order valence-electron chi connectivity index (χ0n) is 17.6. The number of nitrogens with zero attached hydrogens (tertiary/aromatic N) is 5. The molecule has 2 bridgehead atoms. The van der Waals surface area contributed by atoms with E-state index in [1.807, 2.05) is 40.8 Å². The van der Waals surface area contributed by atoms with E-state index in [0.717, 1.165) is 29.1 Å². The Morgan fingerprint density at radius 3 is 2.71 bits per heavy atom. The predicted molar refractivity (Wildman–Crippen MR) is 116 cm³/mol. The summed E-state index contributed by atoms with van der Waals surface area (Å²) in [7, 11) is 1.86. The van der Waals surface area contributed by atoms with Crippen molar-refractivity contribution in [3.8, 4) is 11.3 Å². The Morgan fingerprint density at radius 1 is 1.06 bits per heavy atom. The number of fused-ring (bicyclic) bond motifs is 4. The van der Waals surface area contributed by atoms with Crippen molar-refractivity contribution < 1.29 is 4.79 Å². The highest BCUT2D eigenvalue weighted by Gasteiger charge is 2.38. The van der Waals surface area contributed by atoms with Gasteiger partial charge in [0.05, 0.1) is 11.4 Å². The van der Waals surface area contributed by atoms with Crippen LogP contribution in [0.3, 0.4) is 0 Å². The SMILES string of the molecule is Cn1nc(C2CC2)cc1C(=O)N1C[C@@H]2C[C@H](C1)c1cc(-c3ccccn3)cc(=O)n1C2. The molecule has 0 N–H and O–H groups in total. The molecule has 3 aromatic rings. The maximum absolute atomic E-state index is 13.4. The van der Waals surface area contributed by atoms with Gasteiger partial charge in [-0.15, -0.1) is 0 Å². The Hall–Kier alpha value is -3.22. The van der Waals surface area contributed by atoms with Crippen molar-refractivity contribution in [1.29, 1.82) is 0 Å². The first-order valence-corrected chi connectivity index (χ1v) is 11.1. The quantitative estimate of drug-likeness (QED) is 0.659. The van der Waals surface area contributed by atoms with Crippen LogP contribution < -0.4 is 5.56 Å². The Balaban J connectivity index is 1.32. The summed E-state index contributed by atoms with van der Waals surface area (Å²) in [6.07, 6.45) is 5.09. The number of rotatable bonds is 3. The van der Waals surface area contributed by atoms with E-state index in [9.17, 15) is 9.59 Å². The van der Waals surface area contributed by atoms with Gasteiger partial charge < -0.3 is 9.47 Å². The molecule has 1 amide bonds. The summed E-state index contributed by atoms with van der Waals surface area (Å²) in [5, 5.41) is 4.57. The van der Waals surface area contributed by atoms with Crippen molar-refractivity contribution in [2.24, 2.45) is 13.0 Å². The molecule has 5 heterocycles. The minimum atomic E-state index is 0.0216. The lowest BCUT2D eigenvalue weighted by atomic mass is 9.82. The zero-order valence-corrected chi connectivity index (χ0v) is 17.6. The van der Waals surface area contributed by atoms with Crippen molar-refractivity contribution in [1.82, 2.24) is 24.2 Å². The number of piperidine rings is 1. The minimum Gasteiger partial charge on any atom is -0.336 e. The number of amides is 1. The van der Waals surface area contributed by atoms with Gasteiger partial charge in [0.1, 0.15) is 5.69 Å². The van der Waals surface area contributed by atoms with Gasteiger partial charge in [0, 0.05) is 62.0 Å². The molecule has 0 unspecified atom stereocenters. The maximum Gasteiger partial charge on any atom is 0.272 e. The molecule has 7 nitrogen and oxygen atoms in total. The van der Waals surface area contributed by atoms with Crippen LogP contribution in [0.2, 0.25) is 0 Å². The van der Waals surface area contributed by atoms with Crippen LogP contribution in [-0.2, 0) is 13.6 Å². The van der Waals surface area contributed by atoms with Crippen LogP contribution in [0.1, 0.15) is 53.0 Å². The second kappa shape index (κ2) is 6.90. The molecule has 3 aromatic heterocycles. The fourth-order valence-corrected chi connectivity index (χ4v) is 5.24. The average molecular weight is 415 g/mol. The van der Waals surface area contributed by atoms with E-state index in [0.29, 0.717) is 37.2 Å². The summed E-state index contributed by atoms with van der Waals surface area (Å²) < 4.78 is 3.64. The van der Waals surface area contributed by atoms with Crippen LogP contribution in [0.15, 0.2) is 47.4 Å². The van der Waals surface area contributed by atoms with Crippen LogP contribution in [0, 0.1) is 5.92 Å². The van der Waals surface area contributed by atoms with Crippen molar-refractivity contribution >= 4 is 5.91 Å². The average Bonchev–Trinajstić information content (AvgIpc) is 3.56. The van der Waals surface area contributed by atoms with Gasteiger partial charge in [-0.25, -0.2) is 0 Å². The standard InChI is InChI=1S/C24H25N5O2/c1-27-22(11-20(26-27)16-5-6-16)24(31)28-12-15-8-18(14-28)21-9-17(10-23(30)29(21)13-15)19-4-2-3-7-25-19/h2-4,7,9-11,15-16,18H,5-6,8,12-14H2,1H3/t15-,18+/m0/s1. The van der Waals surface area contributed by atoms with E-state index < -0.39 is 0 Å². The molecule has 158 valence electrons. The highest BCUT2D eigenvalue weighted by molar-refractivity contribution is 5.93. The number of likely N-dealkylation sites (tertiary alicyclic amines) is 1. The molecule has 1 aliphatic carbocycles. The first-order valence-electron chi connectivity index (χ1n) is 11.1. The van der Waals surface area contributed by atoms with Gasteiger partial charge in [-0.2, -0.15) is 5.10 Å². The summed E-state index contributed by atoms with van der Waals surface area (Å²) in [6, 6.07) is 11.5. The van der Waals surface area contributed by atoms with Gasteiger partial charge in [-0.05, 0) is 49.4 Å². The van der Waals surface area contributed by atoms with Gasteiger partial charge >= 0.3 is 0 Å². The van der Waals surface area contributed by atoms with Gasteiger partial charge in [-0.3, -0.25) is 19.3 Å². The van der Waals surface area contributed by atoms with E-state index in [-0.39, 0.29) is 17.4 Å². The Bertz CT molecular complexity index is 1220. The first-order chi connectivity index (χ1) is 15.1. The second-order valence-electron chi connectivity index (χ2n) is 9.19. The molecule has 2 fully saturated rings. The third kappa shape index (κ3) is 3.19. The molecule has 0 radical (unpaired) electrons. The molecule has 3 aliphatic rings. The Kier molecular flexibility index (Phi) is 4.13. The highest BCUT2D eigenvalue weighted by atomic mass is 16.2.